The fourth-order valence-corrected chi connectivity index (χ4v) is 11.7. The lowest BCUT2D eigenvalue weighted by atomic mass is 9.41. The molecule has 1 heterocycles. The highest BCUT2D eigenvalue weighted by atomic mass is 16.5. The molecule has 3 heteroatoms. The Morgan fingerprint density at radius 3 is 2.09 bits per heavy atom. The largest absolute Gasteiger partial charge is 0.371 e. The number of ketones is 2. The van der Waals surface area contributed by atoms with Crippen molar-refractivity contribution in [2.45, 2.75) is 131 Å². The first kappa shape index (κ1) is 23.7. The van der Waals surface area contributed by atoms with Gasteiger partial charge < -0.3 is 4.74 Å². The summed E-state index contributed by atoms with van der Waals surface area (Å²) in [5.41, 5.74) is 0.424. The molecule has 2 spiro atoms. The van der Waals surface area contributed by atoms with Crippen LogP contribution < -0.4 is 0 Å². The predicted octanol–water partition coefficient (Wildman–Crippen LogP) is 7.16. The van der Waals surface area contributed by atoms with Gasteiger partial charge in [0.05, 0.1) is 17.6 Å². The van der Waals surface area contributed by atoms with E-state index in [2.05, 4.69) is 55.4 Å². The second kappa shape index (κ2) is 6.40. The zero-order valence-corrected chi connectivity index (χ0v) is 23.1. The third kappa shape index (κ3) is 2.50. The van der Waals surface area contributed by atoms with Gasteiger partial charge in [-0.3, -0.25) is 9.59 Å². The summed E-state index contributed by atoms with van der Waals surface area (Å²) >= 11 is 0. The molecule has 1 aliphatic heterocycles. The maximum absolute atomic E-state index is 14.0. The second-order valence-electron chi connectivity index (χ2n) is 16.1. The first-order valence-corrected chi connectivity index (χ1v) is 14.3. The van der Waals surface area contributed by atoms with Gasteiger partial charge in [0.1, 0.15) is 11.6 Å². The Balaban J connectivity index is 1.35. The summed E-state index contributed by atoms with van der Waals surface area (Å²) in [5.74, 6) is 2.16. The molecule has 1 saturated heterocycles. The molecule has 34 heavy (non-hydrogen) atoms. The highest BCUT2D eigenvalue weighted by Gasteiger charge is 2.83. The third-order valence-electron chi connectivity index (χ3n) is 13.5. The van der Waals surface area contributed by atoms with E-state index in [1.807, 2.05) is 0 Å². The standard InChI is InChI=1S/C31H48O3/c1-25(2,3)23-12-13-29(8,34-23)24-19(32)17-28(7)21-10-9-20-26(4,5)22(33)11-14-30(20)18-31(21,30)16-15-27(24,28)6/h20-21,23-24H,9-18H2,1-8H3/t20?,21?,23-,24?,27-,28+,29+,30-,31+/m1/s1. The number of hydrogen-bond donors (Lipinski definition) is 0. The van der Waals surface area contributed by atoms with Crippen molar-refractivity contribution in [3.05, 3.63) is 0 Å². The SMILES string of the molecule is CC1(C)C(=O)CC[C@]23C[C@]24CC[C@]2(C)C([C@]5(C)CC[C@H](C(C)(C)C)O5)C(=O)C[C@@]2(C)C4CCC13. The minimum Gasteiger partial charge on any atom is -0.371 e. The summed E-state index contributed by atoms with van der Waals surface area (Å²) < 4.78 is 6.86. The van der Waals surface area contributed by atoms with Crippen LogP contribution >= 0.6 is 0 Å². The van der Waals surface area contributed by atoms with E-state index in [4.69, 9.17) is 4.74 Å². The molecule has 5 aliphatic carbocycles. The number of Topliss-reactive ketones (excluding diaryl/α,β-unsaturated/α-hetero) is 2. The summed E-state index contributed by atoms with van der Waals surface area (Å²) in [6.45, 7) is 18.5. The van der Waals surface area contributed by atoms with Crippen molar-refractivity contribution < 1.29 is 14.3 Å². The third-order valence-corrected chi connectivity index (χ3v) is 13.5. The van der Waals surface area contributed by atoms with Crippen molar-refractivity contribution in [2.75, 3.05) is 0 Å². The minimum absolute atomic E-state index is 0.0120. The molecule has 0 bridgehead atoms. The smallest absolute Gasteiger partial charge is 0.139 e. The van der Waals surface area contributed by atoms with E-state index < -0.39 is 0 Å². The van der Waals surface area contributed by atoms with Gasteiger partial charge in [0, 0.05) is 18.3 Å². The lowest BCUT2D eigenvalue weighted by Crippen LogP contribution is -2.58. The molecule has 9 atom stereocenters. The molecular weight excluding hydrogens is 420 g/mol. The predicted molar refractivity (Wildman–Crippen MR) is 134 cm³/mol. The van der Waals surface area contributed by atoms with Crippen LogP contribution in [0.15, 0.2) is 0 Å². The van der Waals surface area contributed by atoms with Crippen LogP contribution in [0.3, 0.4) is 0 Å². The molecule has 190 valence electrons. The van der Waals surface area contributed by atoms with E-state index in [0.717, 1.165) is 38.5 Å². The molecule has 6 rings (SSSR count). The first-order valence-electron chi connectivity index (χ1n) is 14.3. The zero-order valence-electron chi connectivity index (χ0n) is 23.1. The van der Waals surface area contributed by atoms with Gasteiger partial charge in [0.2, 0.25) is 0 Å². The van der Waals surface area contributed by atoms with Gasteiger partial charge in [-0.25, -0.2) is 0 Å². The van der Waals surface area contributed by atoms with Gasteiger partial charge in [-0.15, -0.1) is 0 Å². The fraction of sp³-hybridized carbons (Fsp3) is 0.935. The fourth-order valence-electron chi connectivity index (χ4n) is 11.7. The topological polar surface area (TPSA) is 43.4 Å². The Morgan fingerprint density at radius 1 is 0.794 bits per heavy atom. The Bertz CT molecular complexity index is 958. The van der Waals surface area contributed by atoms with Gasteiger partial charge >= 0.3 is 0 Å². The van der Waals surface area contributed by atoms with Gasteiger partial charge in [-0.1, -0.05) is 48.5 Å². The molecular formula is C31H48O3. The Labute approximate surface area is 207 Å². The summed E-state index contributed by atoms with van der Waals surface area (Å²) in [4.78, 5) is 26.9. The van der Waals surface area contributed by atoms with Crippen LogP contribution in [0.2, 0.25) is 0 Å². The van der Waals surface area contributed by atoms with Crippen LogP contribution in [0.4, 0.5) is 0 Å². The Hall–Kier alpha value is -0.700. The lowest BCUT2D eigenvalue weighted by Gasteiger charge is -2.62. The van der Waals surface area contributed by atoms with Crippen molar-refractivity contribution in [2.24, 2.45) is 50.2 Å². The van der Waals surface area contributed by atoms with Crippen LogP contribution in [0.1, 0.15) is 120 Å². The van der Waals surface area contributed by atoms with Gasteiger partial charge in [-0.05, 0) is 97.2 Å². The summed E-state index contributed by atoms with van der Waals surface area (Å²) in [7, 11) is 0. The number of carbonyl (C=O) groups excluding carboxylic acids is 2. The van der Waals surface area contributed by atoms with Crippen LogP contribution in [-0.2, 0) is 14.3 Å². The van der Waals surface area contributed by atoms with E-state index in [-0.39, 0.29) is 39.3 Å². The molecule has 3 unspecified atom stereocenters. The van der Waals surface area contributed by atoms with Gasteiger partial charge in [0.15, 0.2) is 0 Å². The number of fused-ring (bicyclic) bond motifs is 2. The number of ether oxygens (including phenoxy) is 1. The highest BCUT2D eigenvalue weighted by Crippen LogP contribution is 2.88. The van der Waals surface area contributed by atoms with Crippen molar-refractivity contribution in [3.8, 4) is 0 Å². The molecule has 0 amide bonds. The minimum atomic E-state index is -0.330. The van der Waals surface area contributed by atoms with Gasteiger partial charge in [-0.2, -0.15) is 0 Å². The maximum atomic E-state index is 14.0. The summed E-state index contributed by atoms with van der Waals surface area (Å²) in [6.07, 6.45) is 11.0. The van der Waals surface area contributed by atoms with Gasteiger partial charge in [0.25, 0.3) is 0 Å². The first-order chi connectivity index (χ1) is 15.6. The molecule has 0 aromatic rings. The molecule has 6 aliphatic rings. The number of rotatable bonds is 1. The molecule has 6 fully saturated rings. The number of hydrogen-bond acceptors (Lipinski definition) is 3. The molecule has 5 saturated carbocycles. The molecule has 0 aromatic heterocycles. The van der Waals surface area contributed by atoms with Crippen molar-refractivity contribution in [1.82, 2.24) is 0 Å². The van der Waals surface area contributed by atoms with Crippen LogP contribution in [0, 0.1) is 50.2 Å². The lowest BCUT2D eigenvalue weighted by molar-refractivity contribution is -0.179. The average molecular weight is 469 g/mol. The number of carbonyl (C=O) groups is 2. The van der Waals surface area contributed by atoms with Crippen LogP contribution in [0.25, 0.3) is 0 Å². The highest BCUT2D eigenvalue weighted by molar-refractivity contribution is 5.87. The monoisotopic (exact) mass is 468 g/mol. The molecule has 3 nitrogen and oxygen atoms in total. The summed E-state index contributed by atoms with van der Waals surface area (Å²) in [5, 5.41) is 0. The molecule has 0 aromatic carbocycles. The molecule has 0 radical (unpaired) electrons. The summed E-state index contributed by atoms with van der Waals surface area (Å²) in [6, 6.07) is 0. The van der Waals surface area contributed by atoms with Crippen LogP contribution in [0.5, 0.6) is 0 Å². The van der Waals surface area contributed by atoms with E-state index in [9.17, 15) is 9.59 Å². The van der Waals surface area contributed by atoms with Crippen LogP contribution in [-0.4, -0.2) is 23.3 Å². The zero-order chi connectivity index (χ0) is 24.7. The van der Waals surface area contributed by atoms with E-state index >= 15 is 0 Å². The van der Waals surface area contributed by atoms with Crippen molar-refractivity contribution >= 4 is 11.6 Å². The van der Waals surface area contributed by atoms with Crippen molar-refractivity contribution in [1.29, 1.82) is 0 Å². The Morgan fingerprint density at radius 2 is 1.44 bits per heavy atom. The normalized spacial score (nSPS) is 55.9. The van der Waals surface area contributed by atoms with Crippen molar-refractivity contribution in [3.63, 3.8) is 0 Å². The Kier molecular flexibility index (Phi) is 4.46. The quantitative estimate of drug-likeness (QED) is 0.410. The average Bonchev–Trinajstić information content (AvgIpc) is 3.11. The second-order valence-corrected chi connectivity index (χ2v) is 16.1. The molecule has 0 N–H and O–H groups in total. The van der Waals surface area contributed by atoms with E-state index in [1.54, 1.807) is 0 Å². The van der Waals surface area contributed by atoms with E-state index in [1.165, 1.54) is 25.7 Å². The maximum Gasteiger partial charge on any atom is 0.139 e. The van der Waals surface area contributed by atoms with E-state index in [0.29, 0.717) is 34.2 Å².